The first-order valence-corrected chi connectivity index (χ1v) is 11.6. The molecule has 0 unspecified atom stereocenters. The summed E-state index contributed by atoms with van der Waals surface area (Å²) in [7, 11) is -7.59. The van der Waals surface area contributed by atoms with Crippen LogP contribution in [0.25, 0.3) is 0 Å². The molecule has 2 N–H and O–H groups in total. The zero-order chi connectivity index (χ0) is 19.4. The number of hydrogen-bond donors (Lipinski definition) is 2. The summed E-state index contributed by atoms with van der Waals surface area (Å²) in [5, 5.41) is 0. The van der Waals surface area contributed by atoms with Gasteiger partial charge < -0.3 is 0 Å². The summed E-state index contributed by atoms with van der Waals surface area (Å²) in [6, 6.07) is 12.3. The van der Waals surface area contributed by atoms with Crippen LogP contribution >= 0.6 is 15.9 Å². The number of rotatable bonds is 8. The Morgan fingerprint density at radius 3 is 2.08 bits per heavy atom. The van der Waals surface area contributed by atoms with Crippen LogP contribution in [0.5, 0.6) is 0 Å². The molecule has 0 fully saturated rings. The molecule has 7 nitrogen and oxygen atoms in total. The molecule has 0 saturated heterocycles. The van der Waals surface area contributed by atoms with Crippen LogP contribution in [0.4, 0.5) is 11.4 Å². The van der Waals surface area contributed by atoms with Crippen LogP contribution in [0.2, 0.25) is 0 Å². The van der Waals surface area contributed by atoms with E-state index in [1.807, 2.05) is 0 Å². The summed E-state index contributed by atoms with van der Waals surface area (Å²) in [6.45, 7) is 4.08. The topological polar surface area (TPSA) is 95.6 Å². The average molecular weight is 462 g/mol. The van der Waals surface area contributed by atoms with Crippen molar-refractivity contribution >= 4 is 47.5 Å². The van der Waals surface area contributed by atoms with E-state index < -0.39 is 20.2 Å². The standard InChI is InChI=1S/C16H20BrN3O4S2/c1-3-20(4-2)26(23,24)19-15-6-5-7-16(12-15)25(21,22)18-14-10-8-13(17)9-11-14/h5-12,18-19H,3-4H2,1-2H3. The van der Waals surface area contributed by atoms with Gasteiger partial charge in [0, 0.05) is 23.2 Å². The van der Waals surface area contributed by atoms with Crippen molar-refractivity contribution in [3.05, 3.63) is 53.0 Å². The predicted octanol–water partition coefficient (Wildman–Crippen LogP) is 3.25. The third-order valence-electron chi connectivity index (χ3n) is 3.53. The molecule has 0 amide bonds. The van der Waals surface area contributed by atoms with Gasteiger partial charge in [0.2, 0.25) is 0 Å². The SMILES string of the molecule is CCN(CC)S(=O)(=O)Nc1cccc(S(=O)(=O)Nc2ccc(Br)cc2)c1. The summed E-state index contributed by atoms with van der Waals surface area (Å²) >= 11 is 3.28. The Morgan fingerprint density at radius 1 is 0.885 bits per heavy atom. The number of hydrogen-bond acceptors (Lipinski definition) is 4. The number of halogens is 1. The number of sulfonamides is 1. The minimum atomic E-state index is -3.85. The van der Waals surface area contributed by atoms with Gasteiger partial charge in [-0.25, -0.2) is 8.42 Å². The minimum Gasteiger partial charge on any atom is -0.280 e. The van der Waals surface area contributed by atoms with Gasteiger partial charge in [0.1, 0.15) is 0 Å². The number of nitrogens with one attached hydrogen (secondary N) is 2. The average Bonchev–Trinajstić information content (AvgIpc) is 2.57. The molecule has 0 aromatic heterocycles. The maximum atomic E-state index is 12.5. The Morgan fingerprint density at radius 2 is 1.50 bits per heavy atom. The zero-order valence-electron chi connectivity index (χ0n) is 14.3. The van der Waals surface area contributed by atoms with E-state index in [0.29, 0.717) is 18.8 Å². The van der Waals surface area contributed by atoms with Crippen LogP contribution in [0.15, 0.2) is 57.9 Å². The summed E-state index contributed by atoms with van der Waals surface area (Å²) < 4.78 is 56.6. The largest absolute Gasteiger partial charge is 0.301 e. The highest BCUT2D eigenvalue weighted by molar-refractivity contribution is 9.10. The lowest BCUT2D eigenvalue weighted by Crippen LogP contribution is -2.35. The molecular formula is C16H20BrN3O4S2. The van der Waals surface area contributed by atoms with E-state index in [4.69, 9.17) is 0 Å². The fourth-order valence-electron chi connectivity index (χ4n) is 2.24. The molecule has 2 rings (SSSR count). The fraction of sp³-hybridized carbons (Fsp3) is 0.250. The van der Waals surface area contributed by atoms with Gasteiger partial charge in [0.05, 0.1) is 10.6 Å². The van der Waals surface area contributed by atoms with Crippen LogP contribution in [0.3, 0.4) is 0 Å². The van der Waals surface area contributed by atoms with Crippen LogP contribution < -0.4 is 9.44 Å². The summed E-state index contributed by atoms with van der Waals surface area (Å²) in [5.74, 6) is 0. The Balaban J connectivity index is 2.26. The van der Waals surface area contributed by atoms with Gasteiger partial charge in [-0.2, -0.15) is 12.7 Å². The van der Waals surface area contributed by atoms with Gasteiger partial charge in [-0.3, -0.25) is 9.44 Å². The third kappa shape index (κ3) is 5.19. The van der Waals surface area contributed by atoms with Gasteiger partial charge >= 0.3 is 10.2 Å². The lowest BCUT2D eigenvalue weighted by Gasteiger charge is -2.19. The van der Waals surface area contributed by atoms with E-state index >= 15 is 0 Å². The minimum absolute atomic E-state index is 0.0415. The van der Waals surface area contributed by atoms with E-state index in [1.54, 1.807) is 38.1 Å². The quantitative estimate of drug-likeness (QED) is 0.630. The van der Waals surface area contributed by atoms with Crippen molar-refractivity contribution in [2.45, 2.75) is 18.7 Å². The molecule has 26 heavy (non-hydrogen) atoms. The van der Waals surface area contributed by atoms with E-state index in [1.165, 1.54) is 28.6 Å². The van der Waals surface area contributed by atoms with Crippen molar-refractivity contribution in [1.82, 2.24) is 4.31 Å². The van der Waals surface area contributed by atoms with Gasteiger partial charge in [0.25, 0.3) is 10.0 Å². The molecule has 0 aliphatic carbocycles. The molecule has 2 aromatic rings. The Kier molecular flexibility index (Phi) is 6.67. The molecule has 0 atom stereocenters. The van der Waals surface area contributed by atoms with Crippen LogP contribution in [-0.2, 0) is 20.2 Å². The third-order valence-corrected chi connectivity index (χ3v) is 7.13. The maximum absolute atomic E-state index is 12.5. The Bertz CT molecular complexity index is 957. The Labute approximate surface area is 162 Å². The van der Waals surface area contributed by atoms with Crippen LogP contribution in [0, 0.1) is 0 Å². The smallest absolute Gasteiger partial charge is 0.280 e. The molecular weight excluding hydrogens is 442 g/mol. The molecule has 0 aliphatic rings. The fourth-order valence-corrected chi connectivity index (χ4v) is 4.84. The molecule has 2 aromatic carbocycles. The predicted molar refractivity (Wildman–Crippen MR) is 107 cm³/mol. The lowest BCUT2D eigenvalue weighted by molar-refractivity contribution is 0.449. The monoisotopic (exact) mass is 461 g/mol. The van der Waals surface area contributed by atoms with Gasteiger partial charge in [-0.1, -0.05) is 35.8 Å². The second-order valence-electron chi connectivity index (χ2n) is 5.33. The Hall–Kier alpha value is -1.62. The van der Waals surface area contributed by atoms with Crippen molar-refractivity contribution in [2.24, 2.45) is 0 Å². The molecule has 0 bridgehead atoms. The molecule has 0 heterocycles. The van der Waals surface area contributed by atoms with E-state index in [0.717, 1.165) is 4.47 Å². The molecule has 0 radical (unpaired) electrons. The summed E-state index contributed by atoms with van der Waals surface area (Å²) in [6.07, 6.45) is 0. The second-order valence-corrected chi connectivity index (χ2v) is 9.60. The van der Waals surface area contributed by atoms with Crippen LogP contribution in [0.1, 0.15) is 13.8 Å². The molecule has 142 valence electrons. The van der Waals surface area contributed by atoms with Gasteiger partial charge in [0.15, 0.2) is 0 Å². The van der Waals surface area contributed by atoms with Crippen molar-refractivity contribution in [2.75, 3.05) is 22.5 Å². The highest BCUT2D eigenvalue weighted by atomic mass is 79.9. The first kappa shape index (κ1) is 20.7. The van der Waals surface area contributed by atoms with Gasteiger partial charge in [-0.15, -0.1) is 0 Å². The molecule has 10 heteroatoms. The summed E-state index contributed by atoms with van der Waals surface area (Å²) in [5.41, 5.74) is 0.581. The van der Waals surface area contributed by atoms with Crippen molar-refractivity contribution < 1.29 is 16.8 Å². The highest BCUT2D eigenvalue weighted by Gasteiger charge is 2.20. The number of benzene rings is 2. The number of anilines is 2. The van der Waals surface area contributed by atoms with Crippen molar-refractivity contribution in [3.8, 4) is 0 Å². The van der Waals surface area contributed by atoms with E-state index in [9.17, 15) is 16.8 Å². The maximum Gasteiger partial charge on any atom is 0.301 e. The molecule has 0 spiro atoms. The highest BCUT2D eigenvalue weighted by Crippen LogP contribution is 2.21. The lowest BCUT2D eigenvalue weighted by atomic mass is 10.3. The number of nitrogens with zero attached hydrogens (tertiary/aromatic N) is 1. The molecule has 0 aliphatic heterocycles. The zero-order valence-corrected chi connectivity index (χ0v) is 17.5. The van der Waals surface area contributed by atoms with Crippen molar-refractivity contribution in [3.63, 3.8) is 0 Å². The van der Waals surface area contributed by atoms with Gasteiger partial charge in [-0.05, 0) is 42.5 Å². The van der Waals surface area contributed by atoms with Crippen molar-refractivity contribution in [1.29, 1.82) is 0 Å². The van der Waals surface area contributed by atoms with Crippen LogP contribution in [-0.4, -0.2) is 34.2 Å². The van der Waals surface area contributed by atoms with E-state index in [-0.39, 0.29) is 10.6 Å². The first-order valence-electron chi connectivity index (χ1n) is 7.84. The van der Waals surface area contributed by atoms with E-state index in [2.05, 4.69) is 25.4 Å². The normalized spacial score (nSPS) is 12.2. The summed E-state index contributed by atoms with van der Waals surface area (Å²) in [4.78, 5) is -0.0415. The second kappa shape index (κ2) is 8.38. The first-order chi connectivity index (χ1) is 12.2. The molecule has 0 saturated carbocycles.